The second-order valence-corrected chi connectivity index (χ2v) is 8.41. The number of hydrogen-bond donors (Lipinski definition) is 3. The SMILES string of the molecule is CCCCc1nc(CCc2ccc(C(=O)O)cc2)c(/C=C(\Cc2cccs2)C(=O)O)[nH]1. The number of H-pyrrole nitrogens is 1. The quantitative estimate of drug-likeness (QED) is 0.365. The zero-order valence-electron chi connectivity index (χ0n) is 17.4. The molecule has 0 fully saturated rings. The molecule has 0 bridgehead atoms. The van der Waals surface area contributed by atoms with Crippen molar-refractivity contribution in [2.45, 2.75) is 45.4 Å². The lowest BCUT2D eigenvalue weighted by atomic mass is 10.0. The van der Waals surface area contributed by atoms with Gasteiger partial charge in [-0.3, -0.25) is 0 Å². The number of benzene rings is 1. The molecule has 3 N–H and O–H groups in total. The van der Waals surface area contributed by atoms with Gasteiger partial charge in [-0.05, 0) is 54.5 Å². The van der Waals surface area contributed by atoms with Crippen LogP contribution in [0, 0.1) is 0 Å². The minimum Gasteiger partial charge on any atom is -0.478 e. The molecule has 0 aliphatic rings. The van der Waals surface area contributed by atoms with Crippen LogP contribution in [0.25, 0.3) is 6.08 Å². The van der Waals surface area contributed by atoms with Crippen LogP contribution in [0.3, 0.4) is 0 Å². The number of aryl methyl sites for hydroxylation is 3. The number of imidazole rings is 1. The molecule has 0 saturated carbocycles. The van der Waals surface area contributed by atoms with Crippen molar-refractivity contribution in [1.29, 1.82) is 0 Å². The third-order valence-electron chi connectivity index (χ3n) is 5.02. The summed E-state index contributed by atoms with van der Waals surface area (Å²) in [7, 11) is 0. The topological polar surface area (TPSA) is 103 Å². The summed E-state index contributed by atoms with van der Waals surface area (Å²) in [5.41, 5.74) is 3.16. The van der Waals surface area contributed by atoms with Crippen LogP contribution >= 0.6 is 11.3 Å². The van der Waals surface area contributed by atoms with Gasteiger partial charge in [0.1, 0.15) is 5.82 Å². The molecule has 3 rings (SSSR count). The normalized spacial score (nSPS) is 11.6. The maximum Gasteiger partial charge on any atom is 0.335 e. The molecule has 0 aliphatic heterocycles. The molecular formula is C24H26N2O4S. The van der Waals surface area contributed by atoms with E-state index in [1.165, 1.54) is 11.3 Å². The Balaban J connectivity index is 1.83. The number of carboxylic acid groups (broad SMARTS) is 2. The number of nitrogens with zero attached hydrogens (tertiary/aromatic N) is 1. The van der Waals surface area contributed by atoms with Crippen molar-refractivity contribution in [3.05, 3.63) is 80.6 Å². The molecule has 0 saturated heterocycles. The highest BCUT2D eigenvalue weighted by Crippen LogP contribution is 2.20. The molecule has 0 aliphatic carbocycles. The number of nitrogens with one attached hydrogen (secondary N) is 1. The van der Waals surface area contributed by atoms with Gasteiger partial charge in [-0.25, -0.2) is 14.6 Å². The average molecular weight is 439 g/mol. The summed E-state index contributed by atoms with van der Waals surface area (Å²) >= 11 is 1.54. The number of thiophene rings is 1. The van der Waals surface area contributed by atoms with Crippen molar-refractivity contribution in [2.24, 2.45) is 0 Å². The van der Waals surface area contributed by atoms with Gasteiger partial charge in [0, 0.05) is 23.3 Å². The van der Waals surface area contributed by atoms with Crippen LogP contribution in [-0.4, -0.2) is 32.1 Å². The molecule has 3 aromatic rings. The molecule has 0 spiro atoms. The number of hydrogen-bond acceptors (Lipinski definition) is 4. The third-order valence-corrected chi connectivity index (χ3v) is 5.89. The summed E-state index contributed by atoms with van der Waals surface area (Å²) in [4.78, 5) is 31.9. The van der Waals surface area contributed by atoms with Gasteiger partial charge in [-0.15, -0.1) is 11.3 Å². The molecule has 31 heavy (non-hydrogen) atoms. The van der Waals surface area contributed by atoms with E-state index in [4.69, 9.17) is 10.1 Å². The highest BCUT2D eigenvalue weighted by molar-refractivity contribution is 7.09. The lowest BCUT2D eigenvalue weighted by molar-refractivity contribution is -0.132. The number of carbonyl (C=O) groups is 2. The average Bonchev–Trinajstić information content (AvgIpc) is 3.40. The van der Waals surface area contributed by atoms with Crippen molar-refractivity contribution < 1.29 is 19.8 Å². The first-order valence-corrected chi connectivity index (χ1v) is 11.2. The molecule has 162 valence electrons. The Labute approximate surface area is 185 Å². The molecule has 0 radical (unpaired) electrons. The Morgan fingerprint density at radius 3 is 2.48 bits per heavy atom. The molecule has 2 heterocycles. The zero-order valence-corrected chi connectivity index (χ0v) is 18.2. The maximum atomic E-state index is 11.8. The Hall–Kier alpha value is -3.19. The fourth-order valence-corrected chi connectivity index (χ4v) is 4.02. The first-order chi connectivity index (χ1) is 15.0. The minimum absolute atomic E-state index is 0.258. The number of rotatable bonds is 11. The van der Waals surface area contributed by atoms with Crippen LogP contribution in [-0.2, 0) is 30.5 Å². The fraction of sp³-hybridized carbons (Fsp3) is 0.292. The zero-order chi connectivity index (χ0) is 22.2. The molecule has 2 aromatic heterocycles. The number of unbranched alkanes of at least 4 members (excludes halogenated alkanes) is 1. The van der Waals surface area contributed by atoms with E-state index in [2.05, 4.69) is 11.9 Å². The first-order valence-electron chi connectivity index (χ1n) is 10.3. The summed E-state index contributed by atoms with van der Waals surface area (Å²) in [5.74, 6) is -1.02. The van der Waals surface area contributed by atoms with Gasteiger partial charge in [0.15, 0.2) is 0 Å². The van der Waals surface area contributed by atoms with E-state index in [0.717, 1.165) is 46.9 Å². The predicted molar refractivity (Wildman–Crippen MR) is 122 cm³/mol. The van der Waals surface area contributed by atoms with Crippen molar-refractivity contribution >= 4 is 29.4 Å². The van der Waals surface area contributed by atoms with E-state index < -0.39 is 11.9 Å². The third kappa shape index (κ3) is 6.39. The van der Waals surface area contributed by atoms with Crippen LogP contribution in [0.1, 0.15) is 57.8 Å². The molecule has 0 amide bonds. The van der Waals surface area contributed by atoms with Gasteiger partial charge in [0.05, 0.1) is 17.0 Å². The van der Waals surface area contributed by atoms with E-state index in [1.807, 2.05) is 29.6 Å². The van der Waals surface area contributed by atoms with Crippen LogP contribution in [0.4, 0.5) is 0 Å². The van der Waals surface area contributed by atoms with Crippen LogP contribution in [0.15, 0.2) is 47.4 Å². The molecule has 7 heteroatoms. The van der Waals surface area contributed by atoms with Crippen molar-refractivity contribution in [1.82, 2.24) is 9.97 Å². The summed E-state index contributed by atoms with van der Waals surface area (Å²) in [5, 5.41) is 20.7. The van der Waals surface area contributed by atoms with Gasteiger partial charge in [0.2, 0.25) is 0 Å². The second-order valence-electron chi connectivity index (χ2n) is 7.38. The van der Waals surface area contributed by atoms with Crippen molar-refractivity contribution in [3.8, 4) is 0 Å². The number of aliphatic carboxylic acids is 1. The van der Waals surface area contributed by atoms with Gasteiger partial charge >= 0.3 is 11.9 Å². The van der Waals surface area contributed by atoms with Gasteiger partial charge in [-0.1, -0.05) is 31.5 Å². The van der Waals surface area contributed by atoms with E-state index in [9.17, 15) is 14.7 Å². The Morgan fingerprint density at radius 1 is 1.10 bits per heavy atom. The molecule has 1 aromatic carbocycles. The number of aromatic amines is 1. The summed E-state index contributed by atoms with van der Waals surface area (Å²) in [6.45, 7) is 2.12. The largest absolute Gasteiger partial charge is 0.478 e. The smallest absolute Gasteiger partial charge is 0.335 e. The summed E-state index contributed by atoms with van der Waals surface area (Å²) in [6, 6.07) is 10.7. The van der Waals surface area contributed by atoms with E-state index in [-0.39, 0.29) is 5.56 Å². The van der Waals surface area contributed by atoms with Gasteiger partial charge < -0.3 is 15.2 Å². The van der Waals surface area contributed by atoms with E-state index in [1.54, 1.807) is 18.2 Å². The Morgan fingerprint density at radius 2 is 1.87 bits per heavy atom. The fourth-order valence-electron chi connectivity index (χ4n) is 3.29. The lowest BCUT2D eigenvalue weighted by Crippen LogP contribution is -2.04. The Kier molecular flexibility index (Phi) is 7.78. The Bertz CT molecular complexity index is 1050. The van der Waals surface area contributed by atoms with Gasteiger partial charge in [-0.2, -0.15) is 0 Å². The van der Waals surface area contributed by atoms with Crippen molar-refractivity contribution in [2.75, 3.05) is 0 Å². The molecule has 6 nitrogen and oxygen atoms in total. The van der Waals surface area contributed by atoms with Crippen molar-refractivity contribution in [3.63, 3.8) is 0 Å². The molecule has 0 atom stereocenters. The predicted octanol–water partition coefficient (Wildman–Crippen LogP) is 5.01. The second kappa shape index (κ2) is 10.7. The van der Waals surface area contributed by atoms with Crippen LogP contribution in [0.5, 0.6) is 0 Å². The monoisotopic (exact) mass is 438 g/mol. The summed E-state index contributed by atoms with van der Waals surface area (Å²) in [6.07, 6.45) is 6.26. The number of aromatic carboxylic acids is 1. The lowest BCUT2D eigenvalue weighted by Gasteiger charge is -2.04. The molecule has 0 unspecified atom stereocenters. The maximum absolute atomic E-state index is 11.8. The van der Waals surface area contributed by atoms with Gasteiger partial charge in [0.25, 0.3) is 0 Å². The minimum atomic E-state index is -0.946. The van der Waals surface area contributed by atoms with E-state index in [0.29, 0.717) is 24.8 Å². The van der Waals surface area contributed by atoms with Crippen LogP contribution in [0.2, 0.25) is 0 Å². The van der Waals surface area contributed by atoms with E-state index >= 15 is 0 Å². The number of aromatic nitrogens is 2. The first kappa shape index (κ1) is 22.5. The standard InChI is InChI=1S/C24H26N2O4S/c1-2-3-6-22-25-20(12-9-16-7-10-17(11-8-16)23(27)28)21(26-22)15-18(24(29)30)14-19-5-4-13-31-19/h4-5,7-8,10-11,13,15H,2-3,6,9,12,14H2,1H3,(H,25,26)(H,27,28)(H,29,30)/b18-15+. The summed E-state index contributed by atoms with van der Waals surface area (Å²) < 4.78 is 0. The highest BCUT2D eigenvalue weighted by Gasteiger charge is 2.14. The highest BCUT2D eigenvalue weighted by atomic mass is 32.1. The van der Waals surface area contributed by atoms with Crippen LogP contribution < -0.4 is 0 Å². The molecular weight excluding hydrogens is 412 g/mol. The number of carboxylic acids is 2.